The number of ether oxygens (including phenoxy) is 2. The summed E-state index contributed by atoms with van der Waals surface area (Å²) in [6.07, 6.45) is 2.27. The number of carbonyl (C=O) groups excluding carboxylic acids is 2. The van der Waals surface area contributed by atoms with Gasteiger partial charge in [-0.15, -0.1) is 0 Å². The predicted octanol–water partition coefficient (Wildman–Crippen LogP) is 5.50. The third kappa shape index (κ3) is 7.98. The van der Waals surface area contributed by atoms with Crippen LogP contribution in [0, 0.1) is 6.92 Å². The summed E-state index contributed by atoms with van der Waals surface area (Å²) in [4.78, 5) is 34.0. The van der Waals surface area contributed by atoms with Gasteiger partial charge in [-0.1, -0.05) is 84.9 Å². The maximum Gasteiger partial charge on any atom is 0.325 e. The Morgan fingerprint density at radius 2 is 1.46 bits per heavy atom. The Morgan fingerprint density at radius 1 is 0.795 bits per heavy atom. The lowest BCUT2D eigenvalue weighted by Crippen LogP contribution is -2.32. The molecule has 0 spiro atoms. The number of aryl methyl sites for hydroxylation is 3. The van der Waals surface area contributed by atoms with Crippen LogP contribution in [0.5, 0.6) is 5.75 Å². The zero-order chi connectivity index (χ0) is 27.5. The van der Waals surface area contributed by atoms with Crippen molar-refractivity contribution in [2.75, 3.05) is 13.2 Å². The average Bonchev–Trinajstić information content (AvgIpc) is 2.96. The van der Waals surface area contributed by atoms with Gasteiger partial charge in [0.1, 0.15) is 19.0 Å². The lowest BCUT2D eigenvalue weighted by molar-refractivity contribution is -0.141. The van der Waals surface area contributed by atoms with Gasteiger partial charge in [0, 0.05) is 6.42 Å². The Bertz CT molecular complexity index is 1370. The molecule has 0 saturated carbocycles. The summed E-state index contributed by atoms with van der Waals surface area (Å²) in [5, 5.41) is 2.59. The first-order chi connectivity index (χ1) is 19.0. The molecule has 0 saturated heterocycles. The van der Waals surface area contributed by atoms with E-state index >= 15 is 0 Å². The van der Waals surface area contributed by atoms with Crippen LogP contribution in [0.2, 0.25) is 0 Å². The molecule has 1 heterocycles. The summed E-state index contributed by atoms with van der Waals surface area (Å²) in [7, 11) is 0. The van der Waals surface area contributed by atoms with Crippen LogP contribution in [0.25, 0.3) is 11.1 Å². The summed E-state index contributed by atoms with van der Waals surface area (Å²) < 4.78 is 10.9. The largest absolute Gasteiger partial charge is 0.485 e. The number of hydrogen-bond donors (Lipinski definition) is 1. The smallest absolute Gasteiger partial charge is 0.325 e. The molecule has 7 heteroatoms. The third-order valence-corrected chi connectivity index (χ3v) is 6.15. The molecule has 0 aliphatic carbocycles. The van der Waals surface area contributed by atoms with Gasteiger partial charge < -0.3 is 14.8 Å². The molecule has 4 aromatic rings. The van der Waals surface area contributed by atoms with Crippen LogP contribution in [0.15, 0.2) is 84.9 Å². The third-order valence-electron chi connectivity index (χ3n) is 6.15. The van der Waals surface area contributed by atoms with E-state index in [0.717, 1.165) is 18.4 Å². The van der Waals surface area contributed by atoms with E-state index in [-0.39, 0.29) is 25.5 Å². The highest BCUT2D eigenvalue weighted by molar-refractivity contribution is 5.96. The molecule has 0 fully saturated rings. The van der Waals surface area contributed by atoms with Gasteiger partial charge >= 0.3 is 5.97 Å². The number of benzene rings is 3. The average molecular weight is 524 g/mol. The summed E-state index contributed by atoms with van der Waals surface area (Å²) in [6.45, 7) is 3.78. The van der Waals surface area contributed by atoms with Crippen LogP contribution < -0.4 is 10.1 Å². The second-order valence-electron chi connectivity index (χ2n) is 9.08. The van der Waals surface area contributed by atoms with Crippen LogP contribution >= 0.6 is 0 Å². The zero-order valence-corrected chi connectivity index (χ0v) is 22.4. The van der Waals surface area contributed by atoms with Crippen molar-refractivity contribution >= 4 is 11.9 Å². The molecule has 0 aliphatic rings. The minimum atomic E-state index is -0.512. The molecule has 0 bridgehead atoms. The van der Waals surface area contributed by atoms with E-state index in [9.17, 15) is 9.59 Å². The monoisotopic (exact) mass is 523 g/mol. The first-order valence-corrected chi connectivity index (χ1v) is 13.2. The number of rotatable bonds is 12. The quantitative estimate of drug-likeness (QED) is 0.247. The van der Waals surface area contributed by atoms with Crippen LogP contribution in [-0.4, -0.2) is 35.0 Å². The van der Waals surface area contributed by atoms with E-state index < -0.39 is 11.9 Å². The normalized spacial score (nSPS) is 10.6. The number of esters is 1. The van der Waals surface area contributed by atoms with Gasteiger partial charge in [0.05, 0.1) is 12.3 Å². The molecule has 1 amide bonds. The van der Waals surface area contributed by atoms with Gasteiger partial charge in [-0.3, -0.25) is 9.59 Å². The van der Waals surface area contributed by atoms with Gasteiger partial charge in [0.2, 0.25) is 0 Å². The van der Waals surface area contributed by atoms with E-state index in [1.54, 1.807) is 13.8 Å². The van der Waals surface area contributed by atoms with Gasteiger partial charge in [-0.05, 0) is 48.9 Å². The predicted molar refractivity (Wildman–Crippen MR) is 150 cm³/mol. The van der Waals surface area contributed by atoms with Crippen molar-refractivity contribution in [1.29, 1.82) is 0 Å². The minimum Gasteiger partial charge on any atom is -0.485 e. The van der Waals surface area contributed by atoms with Crippen LogP contribution in [0.1, 0.15) is 46.5 Å². The fourth-order valence-electron chi connectivity index (χ4n) is 4.18. The van der Waals surface area contributed by atoms with Gasteiger partial charge in [-0.25, -0.2) is 9.97 Å². The highest BCUT2D eigenvalue weighted by Crippen LogP contribution is 2.24. The molecule has 0 radical (unpaired) electrons. The highest BCUT2D eigenvalue weighted by Gasteiger charge is 2.21. The summed E-state index contributed by atoms with van der Waals surface area (Å²) in [5.41, 5.74) is 5.24. The Kier molecular flexibility index (Phi) is 9.78. The standard InChI is InChI=1S/C32H33N3O4/c1-3-38-29(36)21-33-32(37)30-31(39-22-25-11-6-4-7-12-25)23(2)34-28(35-30)16-10-13-24-17-19-27(20-18-24)26-14-8-5-9-15-26/h4-9,11-12,14-15,17-20H,3,10,13,16,21-22H2,1-2H3,(H,33,37). The van der Waals surface area contributed by atoms with E-state index in [0.29, 0.717) is 23.7 Å². The summed E-state index contributed by atoms with van der Waals surface area (Å²) >= 11 is 0. The lowest BCUT2D eigenvalue weighted by Gasteiger charge is -2.15. The SMILES string of the molecule is CCOC(=O)CNC(=O)c1nc(CCCc2ccc(-c3ccccc3)cc2)nc(C)c1OCc1ccccc1. The molecular formula is C32H33N3O4. The first kappa shape index (κ1) is 27.5. The van der Waals surface area contributed by atoms with Gasteiger partial charge in [-0.2, -0.15) is 0 Å². The van der Waals surface area contributed by atoms with Crippen molar-refractivity contribution in [3.8, 4) is 16.9 Å². The molecular weight excluding hydrogens is 490 g/mol. The molecule has 0 unspecified atom stereocenters. The number of nitrogens with zero attached hydrogens (tertiary/aromatic N) is 2. The van der Waals surface area contributed by atoms with Crippen molar-refractivity contribution in [1.82, 2.24) is 15.3 Å². The van der Waals surface area contributed by atoms with E-state index in [2.05, 4.69) is 51.7 Å². The molecule has 4 rings (SSSR count). The second kappa shape index (κ2) is 13.9. The molecule has 39 heavy (non-hydrogen) atoms. The number of amides is 1. The molecule has 200 valence electrons. The number of nitrogens with one attached hydrogen (secondary N) is 1. The topological polar surface area (TPSA) is 90.4 Å². The number of hydrogen-bond acceptors (Lipinski definition) is 6. The first-order valence-electron chi connectivity index (χ1n) is 13.2. The van der Waals surface area contributed by atoms with Crippen LogP contribution in [-0.2, 0) is 29.0 Å². The molecule has 1 N–H and O–H groups in total. The molecule has 3 aromatic carbocycles. The van der Waals surface area contributed by atoms with Crippen molar-refractivity contribution in [3.05, 3.63) is 113 Å². The fraction of sp³-hybridized carbons (Fsp3) is 0.250. The zero-order valence-electron chi connectivity index (χ0n) is 22.4. The highest BCUT2D eigenvalue weighted by atomic mass is 16.5. The number of carbonyl (C=O) groups is 2. The van der Waals surface area contributed by atoms with Crippen molar-refractivity contribution in [3.63, 3.8) is 0 Å². The number of aromatic nitrogens is 2. The van der Waals surface area contributed by atoms with Gasteiger partial charge in [0.15, 0.2) is 11.4 Å². The Balaban J connectivity index is 1.44. The Hall–Kier alpha value is -4.52. The van der Waals surface area contributed by atoms with Crippen molar-refractivity contribution in [2.45, 2.75) is 39.7 Å². The van der Waals surface area contributed by atoms with Crippen molar-refractivity contribution < 1.29 is 19.1 Å². The van der Waals surface area contributed by atoms with E-state index in [1.807, 2.05) is 48.5 Å². The van der Waals surface area contributed by atoms with Crippen LogP contribution in [0.3, 0.4) is 0 Å². The Morgan fingerprint density at radius 3 is 2.15 bits per heavy atom. The fourth-order valence-corrected chi connectivity index (χ4v) is 4.18. The minimum absolute atomic E-state index is 0.116. The molecule has 0 aliphatic heterocycles. The molecule has 1 aromatic heterocycles. The molecule has 0 atom stereocenters. The summed E-state index contributed by atoms with van der Waals surface area (Å²) in [6, 6.07) is 28.5. The van der Waals surface area contributed by atoms with Gasteiger partial charge in [0.25, 0.3) is 5.91 Å². The summed E-state index contributed by atoms with van der Waals surface area (Å²) in [5.74, 6) is -0.154. The lowest BCUT2D eigenvalue weighted by atomic mass is 10.0. The van der Waals surface area contributed by atoms with Crippen LogP contribution in [0.4, 0.5) is 0 Å². The van der Waals surface area contributed by atoms with Crippen molar-refractivity contribution in [2.24, 2.45) is 0 Å². The molecule has 7 nitrogen and oxygen atoms in total. The maximum atomic E-state index is 13.0. The maximum absolute atomic E-state index is 13.0. The van der Waals surface area contributed by atoms with E-state index in [1.165, 1.54) is 16.7 Å². The van der Waals surface area contributed by atoms with E-state index in [4.69, 9.17) is 9.47 Å². The Labute approximate surface area is 229 Å². The second-order valence-corrected chi connectivity index (χ2v) is 9.08.